The highest BCUT2D eigenvalue weighted by molar-refractivity contribution is 5.95. The Kier molecular flexibility index (Phi) is 6.22. The lowest BCUT2D eigenvalue weighted by molar-refractivity contribution is -0.129. The van der Waals surface area contributed by atoms with Gasteiger partial charge in [0.15, 0.2) is 0 Å². The normalized spacial score (nSPS) is 11.7. The molecule has 0 atom stereocenters. The number of hydrogen-bond donors (Lipinski definition) is 2. The number of carbonyl (C=O) groups is 2. The van der Waals surface area contributed by atoms with E-state index >= 15 is 0 Å². The van der Waals surface area contributed by atoms with Gasteiger partial charge in [0.2, 0.25) is 5.91 Å². The molecule has 0 saturated heterocycles. The van der Waals surface area contributed by atoms with Crippen LogP contribution in [0.2, 0.25) is 0 Å². The number of carbonyl (C=O) groups excluding carboxylic acids is 2. The second-order valence-electron chi connectivity index (χ2n) is 5.73. The maximum Gasteiger partial charge on any atom is 0.273 e. The van der Waals surface area contributed by atoms with Crippen LogP contribution in [0.5, 0.6) is 0 Å². The zero-order valence-electron chi connectivity index (χ0n) is 14.1. The Bertz CT molecular complexity index is 551. The van der Waals surface area contributed by atoms with Crippen LogP contribution in [0.1, 0.15) is 50.7 Å². The summed E-state index contributed by atoms with van der Waals surface area (Å²) in [5, 5.41) is 0. The second kappa shape index (κ2) is 7.68. The van der Waals surface area contributed by atoms with Crippen molar-refractivity contribution < 1.29 is 14.0 Å². The minimum absolute atomic E-state index is 0.0938. The van der Waals surface area contributed by atoms with Gasteiger partial charge in [0, 0.05) is 23.9 Å². The number of nitrogens with zero attached hydrogens (tertiary/aromatic N) is 1. The number of amides is 2. The van der Waals surface area contributed by atoms with Crippen molar-refractivity contribution in [3.63, 3.8) is 0 Å². The summed E-state index contributed by atoms with van der Waals surface area (Å²) >= 11 is 0. The first-order chi connectivity index (χ1) is 10.2. The van der Waals surface area contributed by atoms with Gasteiger partial charge in [-0.1, -0.05) is 0 Å². The molecule has 1 aromatic heterocycles. The zero-order valence-corrected chi connectivity index (χ0v) is 14.1. The van der Waals surface area contributed by atoms with Gasteiger partial charge in [0.25, 0.3) is 5.91 Å². The average Bonchev–Trinajstić information content (AvgIpc) is 2.81. The first kappa shape index (κ1) is 17.8. The van der Waals surface area contributed by atoms with E-state index < -0.39 is 0 Å². The predicted octanol–water partition coefficient (Wildman–Crippen LogP) is 2.37. The third kappa shape index (κ3) is 4.65. The molecule has 6 heteroatoms. The lowest BCUT2D eigenvalue weighted by Gasteiger charge is -2.29. The quantitative estimate of drug-likeness (QED) is 0.625. The first-order valence-corrected chi connectivity index (χ1v) is 7.35. The summed E-state index contributed by atoms with van der Waals surface area (Å²) in [6.07, 6.45) is 2.93. The van der Waals surface area contributed by atoms with Crippen molar-refractivity contribution in [3.8, 4) is 0 Å². The van der Waals surface area contributed by atoms with Gasteiger partial charge >= 0.3 is 0 Å². The van der Waals surface area contributed by atoms with Crippen molar-refractivity contribution in [2.24, 2.45) is 0 Å². The number of furan rings is 1. The Hall–Kier alpha value is -2.24. The number of hydrogen-bond acceptors (Lipinski definition) is 4. The number of nitrogens with one attached hydrogen (secondary N) is 2. The molecule has 6 nitrogen and oxygen atoms in total. The van der Waals surface area contributed by atoms with E-state index in [4.69, 9.17) is 4.42 Å². The van der Waals surface area contributed by atoms with E-state index in [1.54, 1.807) is 24.8 Å². The molecule has 1 aromatic rings. The molecule has 1 rings (SSSR count). The van der Waals surface area contributed by atoms with Gasteiger partial charge in [0.1, 0.15) is 5.76 Å². The molecule has 0 bridgehead atoms. The molecule has 0 aliphatic carbocycles. The smallest absolute Gasteiger partial charge is 0.273 e. The molecule has 0 spiro atoms. The molecule has 0 aliphatic heterocycles. The molecular weight excluding hydrogens is 282 g/mol. The molecule has 0 radical (unpaired) electrons. The van der Waals surface area contributed by atoms with Crippen molar-refractivity contribution in [1.29, 1.82) is 0 Å². The summed E-state index contributed by atoms with van der Waals surface area (Å²) in [5.41, 5.74) is 6.29. The van der Waals surface area contributed by atoms with E-state index in [9.17, 15) is 9.59 Å². The van der Waals surface area contributed by atoms with Crippen LogP contribution in [0.25, 0.3) is 0 Å². The third-order valence-electron chi connectivity index (χ3n) is 3.18. The van der Waals surface area contributed by atoms with Crippen LogP contribution in [-0.2, 0) is 4.79 Å². The fourth-order valence-electron chi connectivity index (χ4n) is 2.24. The first-order valence-electron chi connectivity index (χ1n) is 7.35. The lowest BCUT2D eigenvalue weighted by Crippen LogP contribution is -2.42. The molecule has 0 saturated carbocycles. The Labute approximate surface area is 131 Å². The van der Waals surface area contributed by atoms with Crippen LogP contribution < -0.4 is 10.9 Å². The van der Waals surface area contributed by atoms with Gasteiger partial charge in [-0.15, -0.1) is 0 Å². The molecular formula is C16H25N3O3. The van der Waals surface area contributed by atoms with E-state index in [0.717, 1.165) is 0 Å². The summed E-state index contributed by atoms with van der Waals surface area (Å²) in [7, 11) is 0. The predicted molar refractivity (Wildman–Crippen MR) is 84.9 cm³/mol. The maximum atomic E-state index is 12.2. The fraction of sp³-hybridized carbons (Fsp3) is 0.500. The maximum absolute atomic E-state index is 12.2. The molecule has 2 amide bonds. The topological polar surface area (TPSA) is 74.6 Å². The lowest BCUT2D eigenvalue weighted by atomic mass is 10.2. The number of aryl methyl sites for hydroxylation is 1. The van der Waals surface area contributed by atoms with Crippen LogP contribution in [0.4, 0.5) is 0 Å². The zero-order chi connectivity index (χ0) is 16.9. The Morgan fingerprint density at radius 2 is 1.77 bits per heavy atom. The summed E-state index contributed by atoms with van der Waals surface area (Å²) in [4.78, 5) is 25.9. The van der Waals surface area contributed by atoms with E-state index in [-0.39, 0.29) is 23.9 Å². The van der Waals surface area contributed by atoms with Gasteiger partial charge in [-0.05, 0) is 47.6 Å². The van der Waals surface area contributed by atoms with Gasteiger partial charge in [0.05, 0.1) is 11.8 Å². The number of rotatable bonds is 6. The average molecular weight is 307 g/mol. The number of hydrazine groups is 1. The molecule has 0 aliphatic rings. The van der Waals surface area contributed by atoms with Crippen LogP contribution in [-0.4, -0.2) is 28.8 Å². The molecule has 2 N–H and O–H groups in total. The van der Waals surface area contributed by atoms with E-state index in [1.165, 1.54) is 12.3 Å². The standard InChI is InChI=1S/C16H25N3O3/c1-10(2)19(11(3)4)15(20)9-12(5)17-18-16(21)14-7-8-22-13(14)6/h7-11,17H,1-6H3,(H,18,21)/b12-9+. The highest BCUT2D eigenvalue weighted by Crippen LogP contribution is 2.08. The molecule has 122 valence electrons. The van der Waals surface area contributed by atoms with Crippen LogP contribution in [0, 0.1) is 6.92 Å². The van der Waals surface area contributed by atoms with Gasteiger partial charge in [-0.25, -0.2) is 0 Å². The largest absolute Gasteiger partial charge is 0.469 e. The summed E-state index contributed by atoms with van der Waals surface area (Å²) in [6.45, 7) is 11.3. The fourth-order valence-corrected chi connectivity index (χ4v) is 2.24. The van der Waals surface area contributed by atoms with Crippen LogP contribution in [0.3, 0.4) is 0 Å². The monoisotopic (exact) mass is 307 g/mol. The van der Waals surface area contributed by atoms with Crippen molar-refractivity contribution >= 4 is 11.8 Å². The SMILES string of the molecule is C/C(=C\C(=O)N(C(C)C)C(C)C)NNC(=O)c1ccoc1C. The summed E-state index contributed by atoms with van der Waals surface area (Å²) in [6, 6.07) is 1.81. The summed E-state index contributed by atoms with van der Waals surface area (Å²) in [5.74, 6) is 0.141. The van der Waals surface area contributed by atoms with E-state index in [0.29, 0.717) is 17.0 Å². The molecule has 22 heavy (non-hydrogen) atoms. The molecule has 0 fully saturated rings. The van der Waals surface area contributed by atoms with E-state index in [1.807, 2.05) is 27.7 Å². The minimum atomic E-state index is -0.309. The van der Waals surface area contributed by atoms with Crippen LogP contribution >= 0.6 is 0 Å². The van der Waals surface area contributed by atoms with Gasteiger partial charge in [-0.2, -0.15) is 0 Å². The Morgan fingerprint density at radius 1 is 1.18 bits per heavy atom. The Balaban J connectivity index is 2.64. The molecule has 1 heterocycles. The van der Waals surface area contributed by atoms with E-state index in [2.05, 4.69) is 10.9 Å². The second-order valence-corrected chi connectivity index (χ2v) is 5.73. The van der Waals surface area contributed by atoms with Crippen molar-refractivity contribution in [2.45, 2.75) is 53.6 Å². The third-order valence-corrected chi connectivity index (χ3v) is 3.18. The number of allylic oxidation sites excluding steroid dienone is 1. The van der Waals surface area contributed by atoms with Gasteiger partial charge < -0.3 is 14.7 Å². The van der Waals surface area contributed by atoms with Crippen molar-refractivity contribution in [3.05, 3.63) is 35.4 Å². The minimum Gasteiger partial charge on any atom is -0.469 e. The van der Waals surface area contributed by atoms with Crippen molar-refractivity contribution in [2.75, 3.05) is 0 Å². The highest BCUT2D eigenvalue weighted by atomic mass is 16.3. The van der Waals surface area contributed by atoms with Crippen molar-refractivity contribution in [1.82, 2.24) is 15.8 Å². The Morgan fingerprint density at radius 3 is 2.23 bits per heavy atom. The van der Waals surface area contributed by atoms with Gasteiger partial charge in [-0.3, -0.25) is 15.0 Å². The summed E-state index contributed by atoms with van der Waals surface area (Å²) < 4.78 is 5.08. The van der Waals surface area contributed by atoms with Crippen LogP contribution in [0.15, 0.2) is 28.5 Å². The molecule has 0 unspecified atom stereocenters. The molecule has 0 aromatic carbocycles. The highest BCUT2D eigenvalue weighted by Gasteiger charge is 2.18.